The monoisotopic (exact) mass is 1160 g/mol. The standard InChI is InChI=1S/C25H24FN5OS.C12H15ClFNO2.C8H16O4.C7H7ClFN.C6H15N/c1-3-22(32)30-8-9-31-20(13-30)24(29-25(31)15-4-5-15)23-17-11-28-19(21-12-27-14(2)33-21)10-16(17)6-7-18(23)26;1-3-17-8(2)12(16)15-7-9-5-4-6-10(14)11(9)13;1-4-10-7(9)8(11-5-2)12-6-3;8-7-5(4-10)2-1-3-6(7)9;1-4-7(5-2)6-3/h6-7,10-12,15H,3-5,8-9,13H2,1-2H3;4-6,8H,3,7H2,1-2H3,(H,15,16);8H,4-6H2,1-3H3;1-3H,4,10H2;4-6H2,1-3H3. The molecule has 0 radical (unpaired) electrons. The van der Waals surface area contributed by atoms with Crippen LogP contribution in [0.5, 0.6) is 0 Å². The van der Waals surface area contributed by atoms with Crippen LogP contribution in [0.15, 0.2) is 67.0 Å². The Morgan fingerprint density at radius 2 is 1.43 bits per heavy atom. The van der Waals surface area contributed by atoms with Gasteiger partial charge in [-0.05, 0) is 115 Å². The number of hydrogen-bond acceptors (Lipinski definition) is 13. The summed E-state index contributed by atoms with van der Waals surface area (Å²) in [6.45, 7) is 26.8. The minimum atomic E-state index is -0.861. The van der Waals surface area contributed by atoms with E-state index in [4.69, 9.17) is 52.9 Å². The molecule has 6 aromatic rings. The maximum Gasteiger partial charge on any atom is 0.363 e. The third kappa shape index (κ3) is 19.3. The second-order valence-corrected chi connectivity index (χ2v) is 19.9. The number of ether oxygens (including phenoxy) is 4. The molecule has 0 spiro atoms. The quantitative estimate of drug-likeness (QED) is 0.0581. The Morgan fingerprint density at radius 3 is 1.95 bits per heavy atom. The fraction of sp³-hybridized carbons (Fsp3) is 0.483. The van der Waals surface area contributed by atoms with Gasteiger partial charge in [0.25, 0.3) is 6.29 Å². The number of fused-ring (bicyclic) bond motifs is 2. The summed E-state index contributed by atoms with van der Waals surface area (Å²) in [4.78, 5) is 54.2. The Kier molecular flexibility index (Phi) is 28.4. The number of nitrogens with zero attached hydrogens (tertiary/aromatic N) is 6. The molecular formula is C58H77Cl2F3N8O7S. The van der Waals surface area contributed by atoms with Crippen molar-refractivity contribution in [2.24, 2.45) is 5.73 Å². The van der Waals surface area contributed by atoms with E-state index in [2.05, 4.69) is 45.5 Å². The molecule has 4 heterocycles. The number of nitrogens with two attached hydrogens (primary N) is 1. The van der Waals surface area contributed by atoms with Gasteiger partial charge in [0.05, 0.1) is 50.2 Å². The summed E-state index contributed by atoms with van der Waals surface area (Å²) in [7, 11) is 0. The van der Waals surface area contributed by atoms with Crippen molar-refractivity contribution >= 4 is 63.1 Å². The van der Waals surface area contributed by atoms with E-state index >= 15 is 4.39 Å². The highest BCUT2D eigenvalue weighted by atomic mass is 35.5. The van der Waals surface area contributed by atoms with Crippen LogP contribution in [0, 0.1) is 24.4 Å². The number of pyridine rings is 1. The van der Waals surface area contributed by atoms with E-state index in [9.17, 15) is 23.2 Å². The molecule has 0 bridgehead atoms. The zero-order valence-electron chi connectivity index (χ0n) is 47.1. The van der Waals surface area contributed by atoms with Crippen LogP contribution in [0.25, 0.3) is 32.6 Å². The Balaban J connectivity index is 0.000000245. The van der Waals surface area contributed by atoms with Gasteiger partial charge in [0.2, 0.25) is 11.8 Å². The van der Waals surface area contributed by atoms with Gasteiger partial charge in [0.15, 0.2) is 0 Å². The number of carbonyl (C=O) groups excluding carboxylic acids is 3. The molecule has 1 aliphatic carbocycles. The van der Waals surface area contributed by atoms with Crippen molar-refractivity contribution in [1.29, 1.82) is 0 Å². The number of amides is 2. The first kappa shape index (κ1) is 66.0. The topological polar surface area (TPSA) is 176 Å². The summed E-state index contributed by atoms with van der Waals surface area (Å²) in [6.07, 6.45) is 4.89. The van der Waals surface area contributed by atoms with Gasteiger partial charge in [0.1, 0.15) is 29.4 Å². The second kappa shape index (κ2) is 33.9. The molecule has 1 unspecified atom stereocenters. The van der Waals surface area contributed by atoms with Crippen LogP contribution < -0.4 is 11.1 Å². The first-order valence-corrected chi connectivity index (χ1v) is 28.5. The zero-order chi connectivity index (χ0) is 58.2. The van der Waals surface area contributed by atoms with Crippen molar-refractivity contribution in [1.82, 2.24) is 34.6 Å². The van der Waals surface area contributed by atoms with Crippen molar-refractivity contribution in [3.8, 4) is 21.8 Å². The molecule has 3 aromatic heterocycles. The summed E-state index contributed by atoms with van der Waals surface area (Å²) in [5, 5.41) is 5.44. The van der Waals surface area contributed by atoms with E-state index in [1.807, 2.05) is 37.9 Å². The maximum atomic E-state index is 15.4. The third-order valence-corrected chi connectivity index (χ3v) is 14.4. The second-order valence-electron chi connectivity index (χ2n) is 17.9. The van der Waals surface area contributed by atoms with Crippen LogP contribution in [0.2, 0.25) is 10.0 Å². The van der Waals surface area contributed by atoms with Gasteiger partial charge in [-0.15, -0.1) is 11.3 Å². The molecule has 8 rings (SSSR count). The molecule has 0 saturated heterocycles. The number of halogens is 5. The molecule has 21 heteroatoms. The molecule has 1 atom stereocenters. The van der Waals surface area contributed by atoms with E-state index in [0.717, 1.165) is 50.7 Å². The first-order valence-electron chi connectivity index (χ1n) is 26.9. The molecule has 3 N–H and O–H groups in total. The summed E-state index contributed by atoms with van der Waals surface area (Å²) < 4.78 is 63.2. The SMILES string of the molecule is CCC(=O)N1CCn2c(C3CC3)nc(-c3c(F)ccc4cc(-c5cnc(C)s5)ncc34)c2C1.CCN(CC)CC.CCOC(=O)C(OCC)OCC.CCOC(C)C(=O)NCc1cccc(F)c1Cl.NCc1cccc(F)c1Cl. The van der Waals surface area contributed by atoms with Crippen LogP contribution in [-0.4, -0.2) is 112 Å². The number of benzene rings is 3. The van der Waals surface area contributed by atoms with Crippen molar-refractivity contribution in [2.45, 2.75) is 133 Å². The average Bonchev–Trinajstić information content (AvgIpc) is 4.34. The third-order valence-electron chi connectivity index (χ3n) is 12.6. The van der Waals surface area contributed by atoms with Gasteiger partial charge < -0.3 is 44.4 Å². The number of imidazole rings is 1. The highest BCUT2D eigenvalue weighted by Gasteiger charge is 2.35. The summed E-state index contributed by atoms with van der Waals surface area (Å²) in [5.74, 6) is -0.332. The average molecular weight is 1160 g/mol. The van der Waals surface area contributed by atoms with Crippen molar-refractivity contribution in [3.63, 3.8) is 0 Å². The van der Waals surface area contributed by atoms with E-state index in [0.29, 0.717) is 80.8 Å². The molecule has 79 heavy (non-hydrogen) atoms. The Morgan fingerprint density at radius 1 is 0.810 bits per heavy atom. The molecule has 2 aliphatic rings. The predicted octanol–water partition coefficient (Wildman–Crippen LogP) is 12.1. The van der Waals surface area contributed by atoms with Gasteiger partial charge in [-0.25, -0.2) is 27.9 Å². The molecule has 1 aliphatic heterocycles. The number of rotatable bonds is 19. The minimum Gasteiger partial charge on any atom is -0.462 e. The Labute approximate surface area is 477 Å². The Hall–Kier alpha value is -5.51. The molecule has 1 fully saturated rings. The van der Waals surface area contributed by atoms with Crippen LogP contribution in [0.4, 0.5) is 13.2 Å². The molecule has 15 nitrogen and oxygen atoms in total. The van der Waals surface area contributed by atoms with Gasteiger partial charge in [-0.2, -0.15) is 0 Å². The van der Waals surface area contributed by atoms with E-state index in [-0.39, 0.29) is 40.8 Å². The minimum absolute atomic E-state index is 0.0388. The number of carbonyl (C=O) groups is 3. The molecular weight excluding hydrogens is 1080 g/mol. The molecule has 2 amide bonds. The molecule has 3 aromatic carbocycles. The maximum absolute atomic E-state index is 15.4. The van der Waals surface area contributed by atoms with Crippen LogP contribution >= 0.6 is 34.5 Å². The van der Waals surface area contributed by atoms with Crippen LogP contribution in [0.1, 0.15) is 115 Å². The highest BCUT2D eigenvalue weighted by Crippen LogP contribution is 2.44. The number of esters is 1. The summed E-state index contributed by atoms with van der Waals surface area (Å²) in [6, 6.07) is 14.4. The van der Waals surface area contributed by atoms with Gasteiger partial charge in [-0.1, -0.05) is 81.2 Å². The number of thiazole rings is 1. The van der Waals surface area contributed by atoms with Gasteiger partial charge in [0, 0.05) is 81.7 Å². The van der Waals surface area contributed by atoms with Crippen LogP contribution in [-0.2, 0) is 59.5 Å². The smallest absolute Gasteiger partial charge is 0.363 e. The number of aromatic nitrogens is 4. The van der Waals surface area contributed by atoms with Crippen molar-refractivity contribution < 1.29 is 46.5 Å². The summed E-state index contributed by atoms with van der Waals surface area (Å²) >= 11 is 12.9. The van der Waals surface area contributed by atoms with E-state index < -0.39 is 30.0 Å². The van der Waals surface area contributed by atoms with E-state index in [1.165, 1.54) is 37.8 Å². The van der Waals surface area contributed by atoms with Crippen molar-refractivity contribution in [2.75, 3.05) is 52.6 Å². The zero-order valence-corrected chi connectivity index (χ0v) is 49.4. The van der Waals surface area contributed by atoms with Crippen molar-refractivity contribution in [3.05, 3.63) is 122 Å². The largest absolute Gasteiger partial charge is 0.462 e. The number of hydrogen-bond donors (Lipinski definition) is 2. The fourth-order valence-electron chi connectivity index (χ4n) is 8.14. The highest BCUT2D eigenvalue weighted by molar-refractivity contribution is 7.15. The lowest BCUT2D eigenvalue weighted by atomic mass is 10.0. The fourth-order valence-corrected chi connectivity index (χ4v) is 9.29. The lowest BCUT2D eigenvalue weighted by Gasteiger charge is -2.29. The summed E-state index contributed by atoms with van der Waals surface area (Å²) in [5.41, 5.74) is 9.34. The Bertz CT molecular complexity index is 2870. The molecule has 432 valence electrons. The van der Waals surface area contributed by atoms with Crippen LogP contribution in [0.3, 0.4) is 0 Å². The lowest BCUT2D eigenvalue weighted by molar-refractivity contribution is -0.192. The van der Waals surface area contributed by atoms with E-state index in [1.54, 1.807) is 75.6 Å². The first-order chi connectivity index (χ1) is 37.9. The molecule has 1 saturated carbocycles. The number of nitrogens with one attached hydrogen (secondary N) is 1. The predicted molar refractivity (Wildman–Crippen MR) is 307 cm³/mol. The van der Waals surface area contributed by atoms with Gasteiger partial charge >= 0.3 is 5.97 Å². The normalized spacial score (nSPS) is 13.0. The number of aryl methyl sites for hydroxylation is 1. The van der Waals surface area contributed by atoms with Gasteiger partial charge in [-0.3, -0.25) is 14.6 Å². The lowest BCUT2D eigenvalue weighted by Crippen LogP contribution is -2.38.